The second-order valence-corrected chi connectivity index (χ2v) is 7.98. The lowest BCUT2D eigenvalue weighted by molar-refractivity contribution is -0.113. The Balaban J connectivity index is 1.67. The van der Waals surface area contributed by atoms with E-state index in [2.05, 4.69) is 15.4 Å². The van der Waals surface area contributed by atoms with E-state index in [4.69, 9.17) is 16.3 Å². The van der Waals surface area contributed by atoms with Crippen LogP contribution in [0.25, 0.3) is 0 Å². The van der Waals surface area contributed by atoms with Gasteiger partial charge in [-0.3, -0.25) is 4.79 Å². The largest absolute Gasteiger partial charge is 0.462 e. The Morgan fingerprint density at radius 1 is 1.31 bits per heavy atom. The number of halogens is 1. The van der Waals surface area contributed by atoms with Crippen molar-refractivity contribution in [3.05, 3.63) is 70.0 Å². The maximum absolute atomic E-state index is 12.5. The van der Waals surface area contributed by atoms with E-state index >= 15 is 0 Å². The summed E-state index contributed by atoms with van der Waals surface area (Å²) in [7, 11) is 0. The minimum atomic E-state index is -0.532. The monoisotopic (exact) mass is 469 g/mol. The highest BCUT2D eigenvalue weighted by Crippen LogP contribution is 2.24. The van der Waals surface area contributed by atoms with Crippen LogP contribution < -0.4 is 5.32 Å². The molecule has 32 heavy (non-hydrogen) atoms. The van der Waals surface area contributed by atoms with E-state index in [9.17, 15) is 14.9 Å². The van der Waals surface area contributed by atoms with E-state index in [0.29, 0.717) is 28.1 Å². The number of anilines is 1. The molecular weight excluding hydrogens is 450 g/mol. The fourth-order valence-electron chi connectivity index (χ4n) is 2.85. The lowest BCUT2D eigenvalue weighted by Crippen LogP contribution is -2.18. The van der Waals surface area contributed by atoms with E-state index in [-0.39, 0.29) is 29.4 Å². The zero-order chi connectivity index (χ0) is 23.1. The van der Waals surface area contributed by atoms with Gasteiger partial charge in [-0.05, 0) is 31.5 Å². The van der Waals surface area contributed by atoms with Crippen LogP contribution in [0.5, 0.6) is 0 Å². The number of hydrogen-bond acceptors (Lipinski definition) is 7. The molecular formula is C22H20ClN5O3S. The van der Waals surface area contributed by atoms with Crippen LogP contribution in [-0.2, 0) is 16.1 Å². The molecule has 10 heteroatoms. The maximum Gasteiger partial charge on any atom is 0.340 e. The Morgan fingerprint density at radius 2 is 2.09 bits per heavy atom. The van der Waals surface area contributed by atoms with Crippen LogP contribution in [0.2, 0.25) is 5.02 Å². The van der Waals surface area contributed by atoms with Gasteiger partial charge in [0.25, 0.3) is 0 Å². The fourth-order valence-corrected chi connectivity index (χ4v) is 3.85. The minimum Gasteiger partial charge on any atom is -0.462 e. The standard InChI is InChI=1S/C22H20ClN5O3S/c1-3-31-22(30)17-10-16(11-24)21(26-14(17)2)32-13-20(29)27-19-8-9-25-28(19)12-15-6-4-5-7-18(15)23/h4-10H,3,12-13H2,1-2H3,(H,27,29). The first-order chi connectivity index (χ1) is 15.4. The van der Waals surface area contributed by atoms with Crippen molar-refractivity contribution in [2.24, 2.45) is 0 Å². The first-order valence-corrected chi connectivity index (χ1v) is 11.1. The molecule has 0 fully saturated rings. The predicted molar refractivity (Wildman–Crippen MR) is 122 cm³/mol. The van der Waals surface area contributed by atoms with Gasteiger partial charge in [0.1, 0.15) is 16.9 Å². The normalized spacial score (nSPS) is 10.4. The van der Waals surface area contributed by atoms with Crippen molar-refractivity contribution in [1.29, 1.82) is 5.26 Å². The lowest BCUT2D eigenvalue weighted by atomic mass is 10.1. The van der Waals surface area contributed by atoms with Crippen molar-refractivity contribution in [3.8, 4) is 6.07 Å². The zero-order valence-corrected chi connectivity index (χ0v) is 19.0. The van der Waals surface area contributed by atoms with E-state index in [1.54, 1.807) is 36.9 Å². The fraction of sp³-hybridized carbons (Fsp3) is 0.227. The average Bonchev–Trinajstić information content (AvgIpc) is 3.20. The number of ether oxygens (including phenoxy) is 1. The van der Waals surface area contributed by atoms with Crippen LogP contribution in [-0.4, -0.2) is 39.0 Å². The molecule has 0 aliphatic rings. The summed E-state index contributed by atoms with van der Waals surface area (Å²) in [5.74, 6) is -0.265. The predicted octanol–water partition coefficient (Wildman–Crippen LogP) is 4.07. The Labute approximate surface area is 194 Å². The molecule has 3 aromatic rings. The molecule has 2 aromatic heterocycles. The van der Waals surface area contributed by atoms with Gasteiger partial charge >= 0.3 is 5.97 Å². The SMILES string of the molecule is CCOC(=O)c1cc(C#N)c(SCC(=O)Nc2ccnn2Cc2ccccc2Cl)nc1C. The number of aromatic nitrogens is 3. The van der Waals surface area contributed by atoms with Gasteiger partial charge in [-0.15, -0.1) is 0 Å². The number of carbonyl (C=O) groups is 2. The first kappa shape index (κ1) is 23.3. The number of benzene rings is 1. The van der Waals surface area contributed by atoms with Crippen LogP contribution in [0.3, 0.4) is 0 Å². The number of hydrogen-bond donors (Lipinski definition) is 1. The minimum absolute atomic E-state index is 0.0249. The Morgan fingerprint density at radius 3 is 2.81 bits per heavy atom. The van der Waals surface area contributed by atoms with Gasteiger partial charge < -0.3 is 10.1 Å². The summed E-state index contributed by atoms with van der Waals surface area (Å²) in [6.45, 7) is 3.99. The van der Waals surface area contributed by atoms with Crippen LogP contribution in [0.15, 0.2) is 47.6 Å². The van der Waals surface area contributed by atoms with E-state index in [0.717, 1.165) is 17.3 Å². The summed E-state index contributed by atoms with van der Waals surface area (Å²) < 4.78 is 6.63. The molecule has 8 nitrogen and oxygen atoms in total. The van der Waals surface area contributed by atoms with Crippen molar-refractivity contribution in [2.75, 3.05) is 17.7 Å². The molecule has 1 amide bonds. The van der Waals surface area contributed by atoms with Gasteiger partial charge in [-0.2, -0.15) is 10.4 Å². The molecule has 164 valence electrons. The summed E-state index contributed by atoms with van der Waals surface area (Å²) in [6.07, 6.45) is 1.59. The molecule has 0 bridgehead atoms. The summed E-state index contributed by atoms with van der Waals surface area (Å²) in [5, 5.41) is 17.5. The van der Waals surface area contributed by atoms with Crippen LogP contribution >= 0.6 is 23.4 Å². The van der Waals surface area contributed by atoms with Crippen LogP contribution in [0.1, 0.15) is 34.1 Å². The van der Waals surface area contributed by atoms with Crippen LogP contribution in [0, 0.1) is 18.3 Å². The van der Waals surface area contributed by atoms with Crippen molar-refractivity contribution in [1.82, 2.24) is 14.8 Å². The third-order valence-corrected chi connectivity index (χ3v) is 5.76. The molecule has 0 atom stereocenters. The van der Waals surface area contributed by atoms with E-state index in [1.165, 1.54) is 6.07 Å². The second-order valence-electron chi connectivity index (χ2n) is 6.61. The number of aryl methyl sites for hydroxylation is 1. The van der Waals surface area contributed by atoms with Gasteiger partial charge in [0.2, 0.25) is 5.91 Å². The number of amides is 1. The number of rotatable bonds is 8. The number of carbonyl (C=O) groups excluding carboxylic acids is 2. The smallest absolute Gasteiger partial charge is 0.340 e. The van der Waals surface area contributed by atoms with Crippen LogP contribution in [0.4, 0.5) is 5.82 Å². The number of thioether (sulfide) groups is 1. The number of nitrogens with one attached hydrogen (secondary N) is 1. The molecule has 1 aromatic carbocycles. The zero-order valence-electron chi connectivity index (χ0n) is 17.5. The topological polar surface area (TPSA) is 110 Å². The molecule has 0 aliphatic carbocycles. The highest BCUT2D eigenvalue weighted by Gasteiger charge is 2.17. The average molecular weight is 470 g/mol. The maximum atomic E-state index is 12.5. The summed E-state index contributed by atoms with van der Waals surface area (Å²) in [6, 6.07) is 12.6. The molecule has 0 saturated carbocycles. The van der Waals surface area contributed by atoms with Gasteiger partial charge in [0.05, 0.1) is 41.9 Å². The van der Waals surface area contributed by atoms with Gasteiger partial charge in [0, 0.05) is 11.1 Å². The van der Waals surface area contributed by atoms with Crippen molar-refractivity contribution < 1.29 is 14.3 Å². The molecule has 0 radical (unpaired) electrons. The molecule has 3 rings (SSSR count). The molecule has 2 heterocycles. The number of nitrogens with zero attached hydrogens (tertiary/aromatic N) is 4. The Hall–Kier alpha value is -3.35. The third-order valence-electron chi connectivity index (χ3n) is 4.40. The number of nitriles is 1. The van der Waals surface area contributed by atoms with E-state index in [1.807, 2.05) is 24.3 Å². The van der Waals surface area contributed by atoms with Crippen molar-refractivity contribution in [3.63, 3.8) is 0 Å². The number of esters is 1. The third kappa shape index (κ3) is 5.66. The Bertz CT molecular complexity index is 1190. The van der Waals surface area contributed by atoms with Crippen molar-refractivity contribution >= 4 is 41.1 Å². The van der Waals surface area contributed by atoms with E-state index < -0.39 is 5.97 Å². The molecule has 0 unspecified atom stereocenters. The summed E-state index contributed by atoms with van der Waals surface area (Å²) >= 11 is 7.33. The van der Waals surface area contributed by atoms with Gasteiger partial charge in [-0.1, -0.05) is 41.6 Å². The number of pyridine rings is 1. The van der Waals surface area contributed by atoms with Gasteiger partial charge in [-0.25, -0.2) is 14.5 Å². The quantitative estimate of drug-likeness (QED) is 0.391. The molecule has 0 aliphatic heterocycles. The second kappa shape index (κ2) is 10.8. The summed E-state index contributed by atoms with van der Waals surface area (Å²) in [5.41, 5.74) is 1.76. The highest BCUT2D eigenvalue weighted by molar-refractivity contribution is 8.00. The van der Waals surface area contributed by atoms with Gasteiger partial charge in [0.15, 0.2) is 0 Å². The summed E-state index contributed by atoms with van der Waals surface area (Å²) in [4.78, 5) is 28.9. The highest BCUT2D eigenvalue weighted by atomic mass is 35.5. The first-order valence-electron chi connectivity index (χ1n) is 9.69. The molecule has 0 saturated heterocycles. The lowest BCUT2D eigenvalue weighted by Gasteiger charge is -2.11. The van der Waals surface area contributed by atoms with Crippen molar-refractivity contribution in [2.45, 2.75) is 25.4 Å². The molecule has 0 spiro atoms. The molecule has 1 N–H and O–H groups in total. The Kier molecular flexibility index (Phi) is 7.87.